The van der Waals surface area contributed by atoms with E-state index in [4.69, 9.17) is 17.3 Å². The van der Waals surface area contributed by atoms with Gasteiger partial charge in [-0.05, 0) is 37.2 Å². The van der Waals surface area contributed by atoms with E-state index in [2.05, 4.69) is 16.9 Å². The molecular weight excluding hydrogens is 270 g/mol. The summed E-state index contributed by atoms with van der Waals surface area (Å²) in [4.78, 5) is 6.55. The maximum Gasteiger partial charge on any atom is 0.0543 e. The maximum absolute atomic E-state index is 6.21. The highest BCUT2D eigenvalue weighted by molar-refractivity contribution is 6.31. The van der Waals surface area contributed by atoms with Crippen LogP contribution >= 0.6 is 11.6 Å². The summed E-state index contributed by atoms with van der Waals surface area (Å²) in [6, 6.07) is 13.7. The number of nitrogens with two attached hydrogens (primary N) is 1. The van der Waals surface area contributed by atoms with Crippen LogP contribution in [0, 0.1) is 0 Å². The molecular formula is C16H20ClN3. The minimum absolute atomic E-state index is 0.0325. The van der Waals surface area contributed by atoms with Gasteiger partial charge in [-0.1, -0.05) is 35.9 Å². The summed E-state index contributed by atoms with van der Waals surface area (Å²) in [7, 11) is 2.08. The Labute approximate surface area is 125 Å². The Morgan fingerprint density at radius 2 is 1.95 bits per heavy atom. The van der Waals surface area contributed by atoms with Crippen LogP contribution in [0.3, 0.4) is 0 Å². The summed E-state index contributed by atoms with van der Waals surface area (Å²) in [5, 5.41) is 0.743. The van der Waals surface area contributed by atoms with Crippen LogP contribution in [0.5, 0.6) is 0 Å². The van der Waals surface area contributed by atoms with Crippen LogP contribution in [0.1, 0.15) is 23.7 Å². The minimum Gasteiger partial charge on any atom is -0.324 e. The lowest BCUT2D eigenvalue weighted by Gasteiger charge is -2.19. The average Bonchev–Trinajstić information content (AvgIpc) is 2.46. The molecule has 106 valence electrons. The van der Waals surface area contributed by atoms with Gasteiger partial charge < -0.3 is 10.6 Å². The molecule has 0 aliphatic carbocycles. The molecule has 0 aliphatic heterocycles. The summed E-state index contributed by atoms with van der Waals surface area (Å²) >= 11 is 6.16. The standard InChI is InChI=1S/C16H20ClN3/c1-20(12-13-6-4-5-10-19-13)11-9-16(18)14-7-2-3-8-15(14)17/h2-8,10,16H,9,11-12,18H2,1H3. The number of pyridine rings is 1. The van der Waals surface area contributed by atoms with E-state index in [1.165, 1.54) is 0 Å². The Balaban J connectivity index is 1.84. The molecule has 2 N–H and O–H groups in total. The van der Waals surface area contributed by atoms with E-state index in [0.717, 1.165) is 35.8 Å². The summed E-state index contributed by atoms with van der Waals surface area (Å²) in [5.74, 6) is 0. The lowest BCUT2D eigenvalue weighted by molar-refractivity contribution is 0.308. The first-order valence-electron chi connectivity index (χ1n) is 6.75. The van der Waals surface area contributed by atoms with E-state index in [-0.39, 0.29) is 6.04 Å². The van der Waals surface area contributed by atoms with Crippen LogP contribution < -0.4 is 5.73 Å². The molecule has 0 aliphatic rings. The lowest BCUT2D eigenvalue weighted by Crippen LogP contribution is -2.24. The van der Waals surface area contributed by atoms with Gasteiger partial charge in [-0.3, -0.25) is 4.98 Å². The average molecular weight is 290 g/mol. The summed E-state index contributed by atoms with van der Waals surface area (Å²) < 4.78 is 0. The van der Waals surface area contributed by atoms with Gasteiger partial charge in [0.15, 0.2) is 0 Å². The van der Waals surface area contributed by atoms with Gasteiger partial charge in [0.05, 0.1) is 5.69 Å². The van der Waals surface area contributed by atoms with Gasteiger partial charge in [0.2, 0.25) is 0 Å². The van der Waals surface area contributed by atoms with Crippen molar-refractivity contribution in [3.63, 3.8) is 0 Å². The van der Waals surface area contributed by atoms with Crippen LogP contribution in [0.2, 0.25) is 5.02 Å². The molecule has 0 saturated heterocycles. The second-order valence-electron chi connectivity index (χ2n) is 4.98. The topological polar surface area (TPSA) is 42.1 Å². The number of benzene rings is 1. The zero-order valence-electron chi connectivity index (χ0n) is 11.7. The fourth-order valence-electron chi connectivity index (χ4n) is 2.14. The summed E-state index contributed by atoms with van der Waals surface area (Å²) in [6.07, 6.45) is 2.69. The first-order valence-corrected chi connectivity index (χ1v) is 7.13. The zero-order chi connectivity index (χ0) is 14.4. The van der Waals surface area contributed by atoms with Crippen LogP contribution in [0.25, 0.3) is 0 Å². The Morgan fingerprint density at radius 3 is 2.65 bits per heavy atom. The van der Waals surface area contributed by atoms with Crippen LogP contribution in [-0.2, 0) is 6.54 Å². The van der Waals surface area contributed by atoms with Crippen molar-refractivity contribution >= 4 is 11.6 Å². The van der Waals surface area contributed by atoms with Crippen molar-refractivity contribution in [3.05, 3.63) is 64.9 Å². The van der Waals surface area contributed by atoms with E-state index in [9.17, 15) is 0 Å². The van der Waals surface area contributed by atoms with Crippen molar-refractivity contribution in [2.24, 2.45) is 5.73 Å². The number of halogens is 1. The molecule has 3 nitrogen and oxygen atoms in total. The first kappa shape index (κ1) is 15.0. The smallest absolute Gasteiger partial charge is 0.0543 e. The van der Waals surface area contributed by atoms with Gasteiger partial charge in [0.1, 0.15) is 0 Å². The molecule has 4 heteroatoms. The van der Waals surface area contributed by atoms with Crippen molar-refractivity contribution in [3.8, 4) is 0 Å². The molecule has 0 saturated carbocycles. The fourth-order valence-corrected chi connectivity index (χ4v) is 2.41. The number of nitrogens with zero attached hydrogens (tertiary/aromatic N) is 2. The molecule has 1 unspecified atom stereocenters. The van der Waals surface area contributed by atoms with Crippen LogP contribution in [0.15, 0.2) is 48.7 Å². The molecule has 1 aromatic carbocycles. The predicted octanol–water partition coefficient (Wildman–Crippen LogP) is 3.26. The molecule has 1 aromatic heterocycles. The van der Waals surface area contributed by atoms with Gasteiger partial charge >= 0.3 is 0 Å². The van der Waals surface area contributed by atoms with Crippen molar-refractivity contribution in [2.75, 3.05) is 13.6 Å². The third-order valence-corrected chi connectivity index (χ3v) is 3.63. The second-order valence-corrected chi connectivity index (χ2v) is 5.38. The van der Waals surface area contributed by atoms with E-state index in [0.29, 0.717) is 0 Å². The lowest BCUT2D eigenvalue weighted by atomic mass is 10.0. The van der Waals surface area contributed by atoms with E-state index in [1.54, 1.807) is 0 Å². The zero-order valence-corrected chi connectivity index (χ0v) is 12.4. The van der Waals surface area contributed by atoms with Crippen LogP contribution in [0.4, 0.5) is 0 Å². The monoisotopic (exact) mass is 289 g/mol. The molecule has 2 aromatic rings. The predicted molar refractivity (Wildman–Crippen MR) is 83.6 cm³/mol. The van der Waals surface area contributed by atoms with E-state index in [1.807, 2.05) is 48.7 Å². The Bertz CT molecular complexity index is 530. The van der Waals surface area contributed by atoms with Crippen LogP contribution in [-0.4, -0.2) is 23.5 Å². The minimum atomic E-state index is -0.0325. The molecule has 0 radical (unpaired) electrons. The largest absolute Gasteiger partial charge is 0.324 e. The third-order valence-electron chi connectivity index (χ3n) is 3.28. The quantitative estimate of drug-likeness (QED) is 0.887. The van der Waals surface area contributed by atoms with Gasteiger partial charge in [-0.2, -0.15) is 0 Å². The number of aromatic nitrogens is 1. The maximum atomic E-state index is 6.21. The third kappa shape index (κ3) is 4.30. The molecule has 20 heavy (non-hydrogen) atoms. The SMILES string of the molecule is CN(CCC(N)c1ccccc1Cl)Cc1ccccn1. The number of hydrogen-bond acceptors (Lipinski definition) is 3. The number of rotatable bonds is 6. The molecule has 1 atom stereocenters. The van der Waals surface area contributed by atoms with E-state index >= 15 is 0 Å². The van der Waals surface area contributed by atoms with Gasteiger partial charge in [0.25, 0.3) is 0 Å². The van der Waals surface area contributed by atoms with Crippen molar-refractivity contribution < 1.29 is 0 Å². The second kappa shape index (κ2) is 7.39. The molecule has 0 spiro atoms. The highest BCUT2D eigenvalue weighted by Crippen LogP contribution is 2.23. The van der Waals surface area contributed by atoms with Crippen molar-refractivity contribution in [1.29, 1.82) is 0 Å². The Hall–Kier alpha value is -1.42. The highest BCUT2D eigenvalue weighted by Gasteiger charge is 2.10. The molecule has 0 bridgehead atoms. The first-order chi connectivity index (χ1) is 9.66. The Morgan fingerprint density at radius 1 is 1.20 bits per heavy atom. The fraction of sp³-hybridized carbons (Fsp3) is 0.312. The van der Waals surface area contributed by atoms with Gasteiger partial charge in [0, 0.05) is 30.4 Å². The summed E-state index contributed by atoms with van der Waals surface area (Å²) in [5.41, 5.74) is 8.30. The summed E-state index contributed by atoms with van der Waals surface area (Å²) in [6.45, 7) is 1.74. The van der Waals surface area contributed by atoms with Crippen molar-refractivity contribution in [1.82, 2.24) is 9.88 Å². The van der Waals surface area contributed by atoms with Gasteiger partial charge in [-0.15, -0.1) is 0 Å². The van der Waals surface area contributed by atoms with E-state index < -0.39 is 0 Å². The molecule has 2 rings (SSSR count). The normalized spacial score (nSPS) is 12.6. The Kier molecular flexibility index (Phi) is 5.53. The molecule has 0 fully saturated rings. The number of hydrogen-bond donors (Lipinski definition) is 1. The van der Waals surface area contributed by atoms with Crippen molar-refractivity contribution in [2.45, 2.75) is 19.0 Å². The molecule has 0 amide bonds. The van der Waals surface area contributed by atoms with Gasteiger partial charge in [-0.25, -0.2) is 0 Å². The molecule has 1 heterocycles. The highest BCUT2D eigenvalue weighted by atomic mass is 35.5.